The number of carbonyl (C=O) groups is 1. The summed E-state index contributed by atoms with van der Waals surface area (Å²) >= 11 is 0. The van der Waals surface area contributed by atoms with Gasteiger partial charge in [-0.3, -0.25) is 4.79 Å². The van der Waals surface area contributed by atoms with E-state index in [1.165, 1.54) is 9.47 Å². The van der Waals surface area contributed by atoms with Crippen molar-refractivity contribution in [3.8, 4) is 11.3 Å². The molecule has 0 unspecified atom stereocenters. The summed E-state index contributed by atoms with van der Waals surface area (Å²) in [5, 5.41) is 2.62. The molecule has 4 rings (SSSR count). The summed E-state index contributed by atoms with van der Waals surface area (Å²) in [4.78, 5) is 21.6. The van der Waals surface area contributed by atoms with E-state index in [0.29, 0.717) is 18.2 Å². The van der Waals surface area contributed by atoms with E-state index in [-0.39, 0.29) is 42.5 Å². The number of carbonyl (C=O) groups excluding carboxylic acids is 1. The lowest BCUT2D eigenvalue weighted by atomic mass is 9.99. The number of rotatable bonds is 4. The second kappa shape index (κ2) is 8.76. The van der Waals surface area contributed by atoms with Gasteiger partial charge in [0.2, 0.25) is 5.91 Å². The number of anilines is 2. The molecule has 14 heteroatoms. The van der Waals surface area contributed by atoms with E-state index in [4.69, 9.17) is 5.73 Å². The second-order valence-electron chi connectivity index (χ2n) is 8.50. The third kappa shape index (κ3) is 4.25. The number of pyridine rings is 1. The van der Waals surface area contributed by atoms with Gasteiger partial charge in [-0.2, -0.15) is 13.2 Å². The molecule has 0 bridgehead atoms. The minimum absolute atomic E-state index is 0.0458. The zero-order valence-corrected chi connectivity index (χ0v) is 18.9. The highest BCUT2D eigenvalue weighted by Crippen LogP contribution is 2.40. The van der Waals surface area contributed by atoms with Crippen LogP contribution in [0.2, 0.25) is 0 Å². The van der Waals surface area contributed by atoms with E-state index in [1.807, 2.05) is 0 Å². The summed E-state index contributed by atoms with van der Waals surface area (Å²) < 4.78 is 96.5. The normalized spacial score (nSPS) is 15.1. The van der Waals surface area contributed by atoms with Crippen LogP contribution in [-0.2, 0) is 23.1 Å². The monoisotopic (exact) mass is 516 g/mol. The Bertz CT molecular complexity index is 1330. The number of halogens is 7. The molecule has 3 heterocycles. The van der Waals surface area contributed by atoms with Gasteiger partial charge in [-0.1, -0.05) is 0 Å². The Kier molecular flexibility index (Phi) is 6.19. The van der Waals surface area contributed by atoms with Gasteiger partial charge in [0, 0.05) is 18.7 Å². The number of imidazole rings is 1. The Morgan fingerprint density at radius 2 is 1.69 bits per heavy atom. The maximum absolute atomic E-state index is 14.0. The van der Waals surface area contributed by atoms with E-state index >= 15 is 0 Å². The van der Waals surface area contributed by atoms with Crippen LogP contribution in [0.4, 0.5) is 42.4 Å². The van der Waals surface area contributed by atoms with Crippen molar-refractivity contribution in [3.63, 3.8) is 0 Å². The van der Waals surface area contributed by atoms with Gasteiger partial charge >= 0.3 is 6.18 Å². The number of alkyl halides is 3. The van der Waals surface area contributed by atoms with Crippen LogP contribution in [0.5, 0.6) is 0 Å². The molecule has 192 valence electrons. The lowest BCUT2D eigenvalue weighted by Crippen LogP contribution is -2.53. The molecule has 0 saturated heterocycles. The SMILES string of the molecule is CC1(C)c2nc(-c3cc(F)c(F)c(F)c3)c(Nc3ccc(F)c(C(F)(F)F)n3)n2CCN1C(=O)CN. The maximum atomic E-state index is 14.0. The van der Waals surface area contributed by atoms with Crippen molar-refractivity contribution in [2.45, 2.75) is 32.1 Å². The smallest absolute Gasteiger partial charge is 0.327 e. The molecule has 0 atom stereocenters. The van der Waals surface area contributed by atoms with Crippen molar-refractivity contribution in [1.82, 2.24) is 19.4 Å². The molecule has 1 aromatic carbocycles. The average molecular weight is 516 g/mol. The molecule has 7 nitrogen and oxygen atoms in total. The Hall–Kier alpha value is -3.68. The quantitative estimate of drug-likeness (QED) is 0.399. The molecule has 36 heavy (non-hydrogen) atoms. The molecule has 1 aliphatic heterocycles. The summed E-state index contributed by atoms with van der Waals surface area (Å²) in [6, 6.07) is 2.85. The van der Waals surface area contributed by atoms with E-state index in [9.17, 15) is 35.5 Å². The fourth-order valence-corrected chi connectivity index (χ4v) is 4.14. The van der Waals surface area contributed by atoms with Gasteiger partial charge in [-0.05, 0) is 38.1 Å². The Morgan fingerprint density at radius 3 is 2.28 bits per heavy atom. The first kappa shape index (κ1) is 25.4. The number of hydrogen-bond donors (Lipinski definition) is 2. The molecule has 0 saturated carbocycles. The van der Waals surface area contributed by atoms with Crippen molar-refractivity contribution in [2.75, 3.05) is 18.4 Å². The highest BCUT2D eigenvalue weighted by atomic mass is 19.4. The van der Waals surface area contributed by atoms with Crippen molar-refractivity contribution in [2.24, 2.45) is 5.73 Å². The minimum Gasteiger partial charge on any atom is -0.327 e. The summed E-state index contributed by atoms with van der Waals surface area (Å²) in [7, 11) is 0. The van der Waals surface area contributed by atoms with Gasteiger partial charge < -0.3 is 20.5 Å². The molecular formula is C22H19F7N6O. The van der Waals surface area contributed by atoms with Crippen LogP contribution in [0.3, 0.4) is 0 Å². The highest BCUT2D eigenvalue weighted by molar-refractivity contribution is 5.80. The topological polar surface area (TPSA) is 89.1 Å². The largest absolute Gasteiger partial charge is 0.436 e. The van der Waals surface area contributed by atoms with Gasteiger partial charge in [0.05, 0.1) is 12.1 Å². The molecular weight excluding hydrogens is 497 g/mol. The third-order valence-corrected chi connectivity index (χ3v) is 5.83. The number of nitrogens with one attached hydrogen (secondary N) is 1. The number of amides is 1. The molecule has 1 aliphatic rings. The summed E-state index contributed by atoms with van der Waals surface area (Å²) in [5.41, 5.74) is 2.24. The molecule has 3 N–H and O–H groups in total. The molecule has 0 aliphatic carbocycles. The van der Waals surface area contributed by atoms with Crippen molar-refractivity contribution >= 4 is 17.5 Å². The molecule has 0 spiro atoms. The fraction of sp³-hybridized carbons (Fsp3) is 0.318. The average Bonchev–Trinajstić information content (AvgIpc) is 3.16. The maximum Gasteiger partial charge on any atom is 0.436 e. The first-order chi connectivity index (χ1) is 16.8. The van der Waals surface area contributed by atoms with Crippen LogP contribution in [-0.4, -0.2) is 38.4 Å². The number of nitrogens with two attached hydrogens (primary N) is 1. The van der Waals surface area contributed by atoms with Gasteiger partial charge in [0.25, 0.3) is 0 Å². The number of aromatic nitrogens is 3. The molecule has 1 amide bonds. The van der Waals surface area contributed by atoms with Gasteiger partial charge in [0.1, 0.15) is 23.2 Å². The zero-order valence-electron chi connectivity index (χ0n) is 18.9. The number of fused-ring (bicyclic) bond motifs is 1. The predicted molar refractivity (Wildman–Crippen MR) is 114 cm³/mol. The van der Waals surface area contributed by atoms with E-state index in [1.54, 1.807) is 13.8 Å². The summed E-state index contributed by atoms with van der Waals surface area (Å²) in [6.45, 7) is 3.17. The number of benzene rings is 1. The lowest BCUT2D eigenvalue weighted by molar-refractivity contribution is -0.143. The Morgan fingerprint density at radius 1 is 1.06 bits per heavy atom. The van der Waals surface area contributed by atoms with E-state index < -0.39 is 52.4 Å². The third-order valence-electron chi connectivity index (χ3n) is 5.83. The second-order valence-corrected chi connectivity index (χ2v) is 8.50. The van der Waals surface area contributed by atoms with Crippen LogP contribution in [0.15, 0.2) is 24.3 Å². The summed E-state index contributed by atoms with van der Waals surface area (Å²) in [6.07, 6.45) is -5.09. The number of nitrogens with zero attached hydrogens (tertiary/aromatic N) is 4. The first-order valence-corrected chi connectivity index (χ1v) is 10.5. The Labute approximate surface area is 199 Å². The van der Waals surface area contributed by atoms with Crippen molar-refractivity contribution in [3.05, 3.63) is 59.1 Å². The van der Waals surface area contributed by atoms with Gasteiger partial charge in [0.15, 0.2) is 29.0 Å². The van der Waals surface area contributed by atoms with Crippen molar-refractivity contribution < 1.29 is 35.5 Å². The van der Waals surface area contributed by atoms with Crippen LogP contribution < -0.4 is 11.1 Å². The standard InChI is InChI=1S/C22H19F7N6O/c1-21(2)20-33-17(10-7-12(24)16(26)13(25)8-10)19(34(20)5-6-35(21)15(36)9-30)32-14-4-3-11(23)18(31-14)22(27,28)29/h3-4,7-8H,5-6,9,30H2,1-2H3,(H,31,32). The fourth-order valence-electron chi connectivity index (χ4n) is 4.14. The predicted octanol–water partition coefficient (Wildman–Crippen LogP) is 4.30. The molecule has 2 aromatic heterocycles. The van der Waals surface area contributed by atoms with Crippen LogP contribution >= 0.6 is 0 Å². The lowest BCUT2D eigenvalue weighted by Gasteiger charge is -2.42. The van der Waals surface area contributed by atoms with E-state index in [2.05, 4.69) is 15.3 Å². The van der Waals surface area contributed by atoms with Crippen LogP contribution in [0, 0.1) is 23.3 Å². The first-order valence-electron chi connectivity index (χ1n) is 10.5. The van der Waals surface area contributed by atoms with Crippen LogP contribution in [0.1, 0.15) is 25.4 Å². The minimum atomic E-state index is -5.09. The Balaban J connectivity index is 1.92. The summed E-state index contributed by atoms with van der Waals surface area (Å²) in [5.74, 6) is -7.02. The zero-order chi connectivity index (χ0) is 26.6. The van der Waals surface area contributed by atoms with Crippen LogP contribution in [0.25, 0.3) is 11.3 Å². The number of hydrogen-bond acceptors (Lipinski definition) is 5. The van der Waals surface area contributed by atoms with E-state index in [0.717, 1.165) is 6.07 Å². The molecule has 0 radical (unpaired) electrons. The molecule has 0 fully saturated rings. The molecule has 3 aromatic rings. The highest BCUT2D eigenvalue weighted by Gasteiger charge is 2.41. The van der Waals surface area contributed by atoms with Gasteiger partial charge in [-0.15, -0.1) is 0 Å². The van der Waals surface area contributed by atoms with Gasteiger partial charge in [-0.25, -0.2) is 27.5 Å². The van der Waals surface area contributed by atoms with Crippen molar-refractivity contribution in [1.29, 1.82) is 0 Å².